The summed E-state index contributed by atoms with van der Waals surface area (Å²) in [6.45, 7) is 3.36. The summed E-state index contributed by atoms with van der Waals surface area (Å²) in [6, 6.07) is 0. The molecule has 94 valence electrons. The molecule has 1 aliphatic carbocycles. The average molecular weight is 257 g/mol. The molecule has 1 fully saturated rings. The SMILES string of the molecule is Cl.O=C(c1n[nH]c2c1CCC2)N1CCNCC1. The minimum absolute atomic E-state index is 0. The molecule has 5 nitrogen and oxygen atoms in total. The van der Waals surface area contributed by atoms with E-state index in [0.29, 0.717) is 5.69 Å². The summed E-state index contributed by atoms with van der Waals surface area (Å²) in [4.78, 5) is 14.1. The van der Waals surface area contributed by atoms with Crippen molar-refractivity contribution in [3.8, 4) is 0 Å². The molecule has 0 atom stereocenters. The molecule has 2 heterocycles. The zero-order valence-corrected chi connectivity index (χ0v) is 10.5. The number of carbonyl (C=O) groups is 1. The molecule has 0 saturated carbocycles. The zero-order chi connectivity index (χ0) is 11.0. The van der Waals surface area contributed by atoms with Crippen molar-refractivity contribution in [3.63, 3.8) is 0 Å². The van der Waals surface area contributed by atoms with Gasteiger partial charge in [-0.15, -0.1) is 12.4 Å². The Balaban J connectivity index is 0.00000108. The van der Waals surface area contributed by atoms with Crippen molar-refractivity contribution in [2.24, 2.45) is 0 Å². The molecule has 2 N–H and O–H groups in total. The molecule has 1 aliphatic heterocycles. The number of hydrogen-bond donors (Lipinski definition) is 2. The Kier molecular flexibility index (Phi) is 3.69. The minimum Gasteiger partial charge on any atom is -0.335 e. The van der Waals surface area contributed by atoms with Crippen LogP contribution in [0.25, 0.3) is 0 Å². The number of aromatic nitrogens is 2. The molecule has 3 rings (SSSR count). The number of rotatable bonds is 1. The molecule has 0 unspecified atom stereocenters. The van der Waals surface area contributed by atoms with Crippen LogP contribution >= 0.6 is 12.4 Å². The van der Waals surface area contributed by atoms with E-state index in [9.17, 15) is 4.79 Å². The van der Waals surface area contributed by atoms with Gasteiger partial charge in [0.1, 0.15) is 0 Å². The highest BCUT2D eigenvalue weighted by molar-refractivity contribution is 5.94. The van der Waals surface area contributed by atoms with E-state index in [1.165, 1.54) is 5.69 Å². The number of aromatic amines is 1. The summed E-state index contributed by atoms with van der Waals surface area (Å²) in [6.07, 6.45) is 3.18. The minimum atomic E-state index is 0. The number of halogens is 1. The van der Waals surface area contributed by atoms with Gasteiger partial charge in [-0.2, -0.15) is 5.10 Å². The van der Waals surface area contributed by atoms with Crippen molar-refractivity contribution in [2.75, 3.05) is 26.2 Å². The van der Waals surface area contributed by atoms with E-state index in [0.717, 1.165) is 51.0 Å². The third kappa shape index (κ3) is 2.17. The van der Waals surface area contributed by atoms with E-state index < -0.39 is 0 Å². The smallest absolute Gasteiger partial charge is 0.274 e. The number of amides is 1. The number of nitrogens with zero attached hydrogens (tertiary/aromatic N) is 2. The van der Waals surface area contributed by atoms with Crippen LogP contribution in [0.1, 0.15) is 28.2 Å². The average Bonchev–Trinajstić information content (AvgIpc) is 2.91. The molecule has 1 aromatic heterocycles. The number of hydrogen-bond acceptors (Lipinski definition) is 3. The second kappa shape index (κ2) is 5.06. The van der Waals surface area contributed by atoms with Gasteiger partial charge >= 0.3 is 0 Å². The van der Waals surface area contributed by atoms with Crippen molar-refractivity contribution < 1.29 is 4.79 Å². The third-order valence-electron chi connectivity index (χ3n) is 3.41. The first-order chi connectivity index (χ1) is 7.86. The Hall–Kier alpha value is -1.07. The monoisotopic (exact) mass is 256 g/mol. The van der Waals surface area contributed by atoms with Gasteiger partial charge < -0.3 is 10.2 Å². The first-order valence-electron chi connectivity index (χ1n) is 5.92. The number of carbonyl (C=O) groups excluding carboxylic acids is 1. The van der Waals surface area contributed by atoms with E-state index in [2.05, 4.69) is 15.5 Å². The predicted molar refractivity (Wildman–Crippen MR) is 66.6 cm³/mol. The molecule has 0 spiro atoms. The number of piperazine rings is 1. The van der Waals surface area contributed by atoms with E-state index in [4.69, 9.17) is 0 Å². The molecule has 0 radical (unpaired) electrons. The first kappa shape index (κ1) is 12.4. The van der Waals surface area contributed by atoms with Crippen LogP contribution < -0.4 is 5.32 Å². The fourth-order valence-electron chi connectivity index (χ4n) is 2.51. The van der Waals surface area contributed by atoms with Crippen molar-refractivity contribution in [2.45, 2.75) is 19.3 Å². The molecule has 17 heavy (non-hydrogen) atoms. The summed E-state index contributed by atoms with van der Waals surface area (Å²) < 4.78 is 0. The maximum Gasteiger partial charge on any atom is 0.274 e. The number of nitrogens with one attached hydrogen (secondary N) is 2. The highest BCUT2D eigenvalue weighted by Crippen LogP contribution is 2.23. The van der Waals surface area contributed by atoms with E-state index in [1.807, 2.05) is 4.90 Å². The molecule has 0 bridgehead atoms. The van der Waals surface area contributed by atoms with Crippen molar-refractivity contribution in [1.29, 1.82) is 0 Å². The lowest BCUT2D eigenvalue weighted by molar-refractivity contribution is 0.0729. The van der Waals surface area contributed by atoms with Gasteiger partial charge in [0, 0.05) is 37.4 Å². The Morgan fingerprint density at radius 2 is 2.00 bits per heavy atom. The normalized spacial score (nSPS) is 18.7. The second-order valence-corrected chi connectivity index (χ2v) is 4.43. The van der Waals surface area contributed by atoms with Crippen molar-refractivity contribution in [1.82, 2.24) is 20.4 Å². The molecule has 1 aromatic rings. The van der Waals surface area contributed by atoms with Gasteiger partial charge in [0.25, 0.3) is 5.91 Å². The molecule has 1 amide bonds. The van der Waals surface area contributed by atoms with E-state index >= 15 is 0 Å². The van der Waals surface area contributed by atoms with Crippen LogP contribution in [0.3, 0.4) is 0 Å². The maximum absolute atomic E-state index is 12.2. The topological polar surface area (TPSA) is 61.0 Å². The highest BCUT2D eigenvalue weighted by atomic mass is 35.5. The maximum atomic E-state index is 12.2. The molecule has 0 aromatic carbocycles. The summed E-state index contributed by atoms with van der Waals surface area (Å²) in [5.41, 5.74) is 2.98. The Morgan fingerprint density at radius 1 is 1.24 bits per heavy atom. The number of fused-ring (bicyclic) bond motifs is 1. The van der Waals surface area contributed by atoms with E-state index in [1.54, 1.807) is 0 Å². The van der Waals surface area contributed by atoms with Gasteiger partial charge in [0.15, 0.2) is 5.69 Å². The van der Waals surface area contributed by atoms with Crippen LogP contribution in [-0.2, 0) is 12.8 Å². The van der Waals surface area contributed by atoms with E-state index in [-0.39, 0.29) is 18.3 Å². The number of H-pyrrole nitrogens is 1. The lowest BCUT2D eigenvalue weighted by Crippen LogP contribution is -2.46. The Morgan fingerprint density at radius 3 is 2.76 bits per heavy atom. The first-order valence-corrected chi connectivity index (χ1v) is 5.92. The highest BCUT2D eigenvalue weighted by Gasteiger charge is 2.26. The quantitative estimate of drug-likeness (QED) is 0.763. The lowest BCUT2D eigenvalue weighted by Gasteiger charge is -2.26. The summed E-state index contributed by atoms with van der Waals surface area (Å²) >= 11 is 0. The van der Waals surface area contributed by atoms with Crippen LogP contribution in [-0.4, -0.2) is 47.2 Å². The standard InChI is InChI=1S/C11H16N4O.ClH/c16-11(15-6-4-12-5-7-15)10-8-2-1-3-9(8)13-14-10;/h12H,1-7H2,(H,13,14);1H. The van der Waals surface area contributed by atoms with Crippen LogP contribution in [0.2, 0.25) is 0 Å². The lowest BCUT2D eigenvalue weighted by atomic mass is 10.2. The fourth-order valence-corrected chi connectivity index (χ4v) is 2.51. The van der Waals surface area contributed by atoms with Crippen LogP contribution in [0.5, 0.6) is 0 Å². The van der Waals surface area contributed by atoms with Gasteiger partial charge in [-0.3, -0.25) is 9.89 Å². The second-order valence-electron chi connectivity index (χ2n) is 4.43. The molecular weight excluding hydrogens is 240 g/mol. The molecule has 2 aliphatic rings. The predicted octanol–water partition coefficient (Wildman–Crippen LogP) is 0.366. The van der Waals surface area contributed by atoms with Gasteiger partial charge in [-0.1, -0.05) is 0 Å². The molecular formula is C11H17ClN4O. The summed E-state index contributed by atoms with van der Waals surface area (Å²) in [5, 5.41) is 10.4. The van der Waals surface area contributed by atoms with Gasteiger partial charge in [-0.25, -0.2) is 0 Å². The van der Waals surface area contributed by atoms with Crippen molar-refractivity contribution in [3.05, 3.63) is 17.0 Å². The van der Waals surface area contributed by atoms with Gasteiger partial charge in [-0.05, 0) is 19.3 Å². The van der Waals surface area contributed by atoms with Gasteiger partial charge in [0.2, 0.25) is 0 Å². The zero-order valence-electron chi connectivity index (χ0n) is 9.66. The molecule has 6 heteroatoms. The third-order valence-corrected chi connectivity index (χ3v) is 3.41. The van der Waals surface area contributed by atoms with Crippen LogP contribution in [0.4, 0.5) is 0 Å². The van der Waals surface area contributed by atoms with Gasteiger partial charge in [0.05, 0.1) is 0 Å². The molecule has 1 saturated heterocycles. The fraction of sp³-hybridized carbons (Fsp3) is 0.636. The Labute approximate surface area is 106 Å². The summed E-state index contributed by atoms with van der Waals surface area (Å²) in [5.74, 6) is 0.0981. The summed E-state index contributed by atoms with van der Waals surface area (Å²) in [7, 11) is 0. The largest absolute Gasteiger partial charge is 0.335 e. The van der Waals surface area contributed by atoms with Crippen molar-refractivity contribution >= 4 is 18.3 Å². The van der Waals surface area contributed by atoms with Crippen LogP contribution in [0, 0.1) is 0 Å². The van der Waals surface area contributed by atoms with Crippen LogP contribution in [0.15, 0.2) is 0 Å². The Bertz CT molecular complexity index is 412. The number of aryl methyl sites for hydroxylation is 1.